The minimum atomic E-state index is 0.309. The normalized spacial score (nSPS) is 23.1. The van der Waals surface area contributed by atoms with Gasteiger partial charge >= 0.3 is 0 Å². The van der Waals surface area contributed by atoms with Gasteiger partial charge < -0.3 is 14.5 Å². The molecule has 5 nitrogen and oxygen atoms in total. The quantitative estimate of drug-likeness (QED) is 0.856. The Morgan fingerprint density at radius 3 is 2.64 bits per heavy atom. The number of morpholine rings is 1. The number of rotatable bonds is 4. The molecule has 1 unspecified atom stereocenters. The topological polar surface area (TPSA) is 33.5 Å². The average Bonchev–Trinajstić information content (AvgIpc) is 3.10. The Morgan fingerprint density at radius 1 is 1.12 bits per heavy atom. The second-order valence-electron chi connectivity index (χ2n) is 7.30. The monoisotopic (exact) mass is 340 g/mol. The molecule has 2 aliphatic heterocycles. The molecule has 2 aromatic rings. The maximum absolute atomic E-state index is 6.05. The van der Waals surface area contributed by atoms with Crippen molar-refractivity contribution < 1.29 is 4.74 Å². The van der Waals surface area contributed by atoms with Crippen LogP contribution in [0.5, 0.6) is 0 Å². The molecule has 1 aromatic heterocycles. The van der Waals surface area contributed by atoms with Crippen molar-refractivity contribution in [1.82, 2.24) is 14.7 Å². The predicted molar refractivity (Wildman–Crippen MR) is 100 cm³/mol. The van der Waals surface area contributed by atoms with E-state index in [1.54, 1.807) is 0 Å². The first-order chi connectivity index (χ1) is 12.3. The van der Waals surface area contributed by atoms with Crippen LogP contribution in [0.15, 0.2) is 42.7 Å². The number of likely N-dealkylation sites (tertiary alicyclic amines) is 1. The van der Waals surface area contributed by atoms with Crippen LogP contribution in [-0.2, 0) is 11.8 Å². The molecule has 0 bridgehead atoms. The Bertz CT molecular complexity index is 663. The van der Waals surface area contributed by atoms with Gasteiger partial charge in [0.05, 0.1) is 18.9 Å². The van der Waals surface area contributed by atoms with Gasteiger partial charge in [0, 0.05) is 38.6 Å². The Kier molecular flexibility index (Phi) is 5.04. The van der Waals surface area contributed by atoms with Gasteiger partial charge in [-0.15, -0.1) is 0 Å². The van der Waals surface area contributed by atoms with E-state index in [0.29, 0.717) is 12.0 Å². The van der Waals surface area contributed by atoms with Gasteiger partial charge in [-0.2, -0.15) is 5.10 Å². The van der Waals surface area contributed by atoms with Crippen molar-refractivity contribution in [2.24, 2.45) is 7.05 Å². The maximum Gasteiger partial charge on any atom is 0.0877 e. The second kappa shape index (κ2) is 7.58. The van der Waals surface area contributed by atoms with Gasteiger partial charge in [0.2, 0.25) is 0 Å². The van der Waals surface area contributed by atoms with E-state index in [-0.39, 0.29) is 0 Å². The number of ether oxygens (including phenoxy) is 1. The number of nitrogens with zero attached hydrogens (tertiary/aromatic N) is 4. The number of piperidine rings is 1. The summed E-state index contributed by atoms with van der Waals surface area (Å²) < 4.78 is 7.96. The van der Waals surface area contributed by atoms with Crippen molar-refractivity contribution in [2.75, 3.05) is 44.2 Å². The summed E-state index contributed by atoms with van der Waals surface area (Å²) in [6.07, 6.45) is 6.95. The fraction of sp³-hybridized carbons (Fsp3) is 0.550. The summed E-state index contributed by atoms with van der Waals surface area (Å²) in [5.41, 5.74) is 2.71. The number of anilines is 1. The molecule has 0 aliphatic carbocycles. The third kappa shape index (κ3) is 4.05. The molecule has 5 heteroatoms. The summed E-state index contributed by atoms with van der Waals surface area (Å²) in [4.78, 5) is 5.03. The minimum Gasteiger partial charge on any atom is -0.373 e. The molecule has 2 saturated heterocycles. The van der Waals surface area contributed by atoms with Crippen LogP contribution in [0.2, 0.25) is 0 Å². The fourth-order valence-corrected chi connectivity index (χ4v) is 4.09. The molecule has 25 heavy (non-hydrogen) atoms. The lowest BCUT2D eigenvalue weighted by molar-refractivity contribution is 0.0109. The molecule has 4 rings (SSSR count). The highest BCUT2D eigenvalue weighted by Gasteiger charge is 2.26. The van der Waals surface area contributed by atoms with Gasteiger partial charge in [0.1, 0.15) is 0 Å². The smallest absolute Gasteiger partial charge is 0.0877 e. The maximum atomic E-state index is 6.05. The van der Waals surface area contributed by atoms with E-state index in [1.807, 2.05) is 17.9 Å². The first-order valence-electron chi connectivity index (χ1n) is 9.40. The lowest BCUT2D eigenvalue weighted by Gasteiger charge is -2.39. The molecule has 0 radical (unpaired) electrons. The molecule has 0 saturated carbocycles. The lowest BCUT2D eigenvalue weighted by atomic mass is 9.91. The number of benzene rings is 1. The Labute approximate surface area is 150 Å². The first-order valence-corrected chi connectivity index (χ1v) is 9.40. The van der Waals surface area contributed by atoms with E-state index < -0.39 is 0 Å². The summed E-state index contributed by atoms with van der Waals surface area (Å²) in [5, 5.41) is 4.32. The van der Waals surface area contributed by atoms with Gasteiger partial charge in [-0.25, -0.2) is 0 Å². The third-order valence-corrected chi connectivity index (χ3v) is 5.51. The molecule has 2 fully saturated rings. The second-order valence-corrected chi connectivity index (χ2v) is 7.30. The molecule has 0 N–H and O–H groups in total. The van der Waals surface area contributed by atoms with Crippen LogP contribution in [0.3, 0.4) is 0 Å². The predicted octanol–water partition coefficient (Wildman–Crippen LogP) is 2.50. The highest BCUT2D eigenvalue weighted by molar-refractivity contribution is 5.46. The zero-order valence-corrected chi connectivity index (χ0v) is 15.1. The average molecular weight is 340 g/mol. The number of aryl methyl sites for hydroxylation is 1. The standard InChI is InChI=1S/C20H28N4O/c1-22-14-18(13-21-22)17-7-9-23(10-8-17)15-20-16-24(11-12-25-20)19-5-3-2-4-6-19/h2-6,13-14,17,20H,7-12,15-16H2,1H3. The largest absolute Gasteiger partial charge is 0.373 e. The zero-order chi connectivity index (χ0) is 17.1. The van der Waals surface area contributed by atoms with Crippen LogP contribution >= 0.6 is 0 Å². The van der Waals surface area contributed by atoms with Crippen LogP contribution < -0.4 is 4.90 Å². The molecule has 1 aromatic carbocycles. The van der Waals surface area contributed by atoms with Crippen molar-refractivity contribution in [3.63, 3.8) is 0 Å². The first kappa shape index (κ1) is 16.6. The van der Waals surface area contributed by atoms with Gasteiger partial charge in [-0.05, 0) is 49.5 Å². The van der Waals surface area contributed by atoms with E-state index in [4.69, 9.17) is 4.74 Å². The van der Waals surface area contributed by atoms with Crippen molar-refractivity contribution in [3.8, 4) is 0 Å². The van der Waals surface area contributed by atoms with E-state index in [9.17, 15) is 0 Å². The van der Waals surface area contributed by atoms with Crippen LogP contribution in [0, 0.1) is 0 Å². The van der Waals surface area contributed by atoms with E-state index in [1.165, 1.54) is 24.1 Å². The Hall–Kier alpha value is -1.85. The number of hydrogen-bond acceptors (Lipinski definition) is 4. The van der Waals surface area contributed by atoms with Gasteiger partial charge in [-0.3, -0.25) is 4.68 Å². The SMILES string of the molecule is Cn1cc(C2CCN(CC3CN(c4ccccc4)CCO3)CC2)cn1. The minimum absolute atomic E-state index is 0.309. The number of para-hydroxylation sites is 1. The highest BCUT2D eigenvalue weighted by Crippen LogP contribution is 2.28. The van der Waals surface area contributed by atoms with Crippen LogP contribution in [-0.4, -0.2) is 60.1 Å². The summed E-state index contributed by atoms with van der Waals surface area (Å²) in [6, 6.07) is 10.7. The lowest BCUT2D eigenvalue weighted by Crippen LogP contribution is -2.49. The molecular formula is C20H28N4O. The van der Waals surface area contributed by atoms with Crippen molar-refractivity contribution in [1.29, 1.82) is 0 Å². The number of aromatic nitrogens is 2. The van der Waals surface area contributed by atoms with Crippen LogP contribution in [0.1, 0.15) is 24.3 Å². The molecule has 2 aliphatic rings. The van der Waals surface area contributed by atoms with E-state index >= 15 is 0 Å². The van der Waals surface area contributed by atoms with Crippen LogP contribution in [0.4, 0.5) is 5.69 Å². The fourth-order valence-electron chi connectivity index (χ4n) is 4.09. The summed E-state index contributed by atoms with van der Waals surface area (Å²) in [5.74, 6) is 0.665. The summed E-state index contributed by atoms with van der Waals surface area (Å²) in [6.45, 7) is 6.17. The Morgan fingerprint density at radius 2 is 1.92 bits per heavy atom. The van der Waals surface area contributed by atoms with Crippen molar-refractivity contribution in [2.45, 2.75) is 24.9 Å². The molecular weight excluding hydrogens is 312 g/mol. The molecule has 0 amide bonds. The molecule has 134 valence electrons. The van der Waals surface area contributed by atoms with E-state index in [0.717, 1.165) is 39.3 Å². The Balaban J connectivity index is 1.28. The molecule has 1 atom stereocenters. The van der Waals surface area contributed by atoms with Gasteiger partial charge in [-0.1, -0.05) is 18.2 Å². The van der Waals surface area contributed by atoms with E-state index in [2.05, 4.69) is 51.4 Å². The van der Waals surface area contributed by atoms with Gasteiger partial charge in [0.15, 0.2) is 0 Å². The van der Waals surface area contributed by atoms with Crippen LogP contribution in [0.25, 0.3) is 0 Å². The van der Waals surface area contributed by atoms with Gasteiger partial charge in [0.25, 0.3) is 0 Å². The third-order valence-electron chi connectivity index (χ3n) is 5.51. The molecule has 3 heterocycles. The number of hydrogen-bond donors (Lipinski definition) is 0. The van der Waals surface area contributed by atoms with Crippen molar-refractivity contribution >= 4 is 5.69 Å². The van der Waals surface area contributed by atoms with Crippen molar-refractivity contribution in [3.05, 3.63) is 48.3 Å². The summed E-state index contributed by atoms with van der Waals surface area (Å²) in [7, 11) is 2.00. The highest BCUT2D eigenvalue weighted by atomic mass is 16.5. The zero-order valence-electron chi connectivity index (χ0n) is 15.1. The summed E-state index contributed by atoms with van der Waals surface area (Å²) >= 11 is 0. The molecule has 0 spiro atoms.